The first-order chi connectivity index (χ1) is 18.6. The number of nitrogens with two attached hydrogens (primary N) is 1. The number of carbonyl (C=O) groups is 6. The van der Waals surface area contributed by atoms with E-state index in [-0.39, 0.29) is 36.8 Å². The number of carbonyl (C=O) groups excluding carboxylic acids is 6. The van der Waals surface area contributed by atoms with Gasteiger partial charge >= 0.3 is 6.03 Å². The van der Waals surface area contributed by atoms with Gasteiger partial charge in [-0.3, -0.25) is 24.0 Å². The molecule has 0 spiro atoms. The van der Waals surface area contributed by atoms with Crippen LogP contribution < -0.4 is 21.7 Å². The molecular formula is C28H46N6O6. The Morgan fingerprint density at radius 1 is 1.10 bits per heavy atom. The fraction of sp³-hybridized carbons (Fsp3) is 0.714. The summed E-state index contributed by atoms with van der Waals surface area (Å²) in [6.45, 7) is 13.1. The lowest BCUT2D eigenvalue weighted by Crippen LogP contribution is -2.61. The van der Waals surface area contributed by atoms with Crippen LogP contribution in [0.3, 0.4) is 0 Å². The van der Waals surface area contributed by atoms with Crippen molar-refractivity contribution >= 4 is 35.4 Å². The molecule has 2 fully saturated rings. The van der Waals surface area contributed by atoms with Crippen LogP contribution in [0.2, 0.25) is 0 Å². The van der Waals surface area contributed by atoms with Crippen molar-refractivity contribution in [3.8, 4) is 0 Å². The fourth-order valence-corrected chi connectivity index (χ4v) is 5.10. The standard InChI is InChI=1S/C28H46N6O6/c1-8-12-33(7)20(35)14-30-27(40)32-23(28(4,5)6)26(39)34-15-16(2)17(3)21(34)25(38)31-19(22(36)24(29)37)13-18-10-9-11-18/h8,16-19,21,23H,1,9-15H2,2-7H3,(H2,29,37)(H,31,38)(H2,30,32,40)/t16?,17-,19?,21?,23?/m0/s1. The van der Waals surface area contributed by atoms with Crippen LogP contribution in [0, 0.1) is 23.2 Å². The summed E-state index contributed by atoms with van der Waals surface area (Å²) in [4.78, 5) is 79.4. The maximum Gasteiger partial charge on any atom is 0.315 e. The molecule has 1 aliphatic heterocycles. The second kappa shape index (κ2) is 13.8. The Kier molecular flexibility index (Phi) is 11.3. The van der Waals surface area contributed by atoms with Crippen LogP contribution in [0.25, 0.3) is 0 Å². The summed E-state index contributed by atoms with van der Waals surface area (Å²) in [6, 6.07) is -3.66. The number of nitrogens with one attached hydrogen (secondary N) is 3. The van der Waals surface area contributed by atoms with Gasteiger partial charge in [-0.05, 0) is 29.6 Å². The van der Waals surface area contributed by atoms with Crippen LogP contribution in [0.5, 0.6) is 0 Å². The summed E-state index contributed by atoms with van der Waals surface area (Å²) in [5.41, 5.74) is 4.52. The Bertz CT molecular complexity index is 1000. The van der Waals surface area contributed by atoms with E-state index >= 15 is 0 Å². The topological polar surface area (TPSA) is 171 Å². The van der Waals surface area contributed by atoms with Gasteiger partial charge in [0.25, 0.3) is 5.91 Å². The van der Waals surface area contributed by atoms with E-state index in [1.807, 2.05) is 13.8 Å². The largest absolute Gasteiger partial charge is 0.363 e. The molecule has 0 aromatic rings. The third-order valence-corrected chi connectivity index (χ3v) is 8.05. The van der Waals surface area contributed by atoms with Crippen LogP contribution in [0.15, 0.2) is 12.7 Å². The second-order valence-corrected chi connectivity index (χ2v) is 12.3. The van der Waals surface area contributed by atoms with E-state index in [2.05, 4.69) is 22.5 Å². The number of hydrogen-bond acceptors (Lipinski definition) is 6. The van der Waals surface area contributed by atoms with E-state index in [4.69, 9.17) is 5.73 Å². The molecule has 2 rings (SSSR count). The molecule has 5 N–H and O–H groups in total. The van der Waals surface area contributed by atoms with E-state index < -0.39 is 53.1 Å². The molecule has 0 aromatic heterocycles. The van der Waals surface area contributed by atoms with Crippen LogP contribution in [0.4, 0.5) is 4.79 Å². The Hall–Kier alpha value is -3.44. The lowest BCUT2D eigenvalue weighted by molar-refractivity contribution is -0.144. The molecule has 1 heterocycles. The molecule has 1 saturated heterocycles. The maximum absolute atomic E-state index is 13.9. The number of amides is 6. The van der Waals surface area contributed by atoms with Crippen LogP contribution in [-0.2, 0) is 24.0 Å². The number of likely N-dealkylation sites (tertiary alicyclic amines) is 1. The first-order valence-corrected chi connectivity index (χ1v) is 13.9. The van der Waals surface area contributed by atoms with Crippen molar-refractivity contribution < 1.29 is 28.8 Å². The molecule has 4 unspecified atom stereocenters. The summed E-state index contributed by atoms with van der Waals surface area (Å²) in [5, 5.41) is 7.89. The van der Waals surface area contributed by atoms with Gasteiger partial charge < -0.3 is 31.5 Å². The van der Waals surface area contributed by atoms with Crippen molar-refractivity contribution in [1.82, 2.24) is 25.8 Å². The Balaban J connectivity index is 2.20. The van der Waals surface area contributed by atoms with Gasteiger partial charge in [-0.1, -0.05) is 60.0 Å². The third-order valence-electron chi connectivity index (χ3n) is 8.05. The van der Waals surface area contributed by atoms with Crippen molar-refractivity contribution in [2.45, 2.75) is 78.4 Å². The second-order valence-electron chi connectivity index (χ2n) is 12.3. The number of nitrogens with zero attached hydrogens (tertiary/aromatic N) is 2. The molecule has 5 atom stereocenters. The molecule has 224 valence electrons. The van der Waals surface area contributed by atoms with E-state index in [9.17, 15) is 28.8 Å². The molecular weight excluding hydrogens is 516 g/mol. The number of Topliss-reactive ketones (excluding diaryl/α,β-unsaturated/α-hetero) is 1. The Morgan fingerprint density at radius 3 is 2.23 bits per heavy atom. The molecule has 6 amide bonds. The molecule has 40 heavy (non-hydrogen) atoms. The third kappa shape index (κ3) is 8.28. The zero-order valence-electron chi connectivity index (χ0n) is 24.6. The number of rotatable bonds is 12. The smallest absolute Gasteiger partial charge is 0.315 e. The summed E-state index contributed by atoms with van der Waals surface area (Å²) in [5.74, 6) is -3.33. The SMILES string of the molecule is C=CCN(C)C(=O)CNC(=O)NC(C(=O)N1CC(C)[C@H](C)C1C(=O)NC(CC1CCC1)C(=O)C(N)=O)C(C)(C)C. The first kappa shape index (κ1) is 32.8. The van der Waals surface area contributed by atoms with Crippen molar-refractivity contribution in [3.63, 3.8) is 0 Å². The number of likely N-dealkylation sites (N-methyl/N-ethyl adjacent to an activating group) is 1. The van der Waals surface area contributed by atoms with Gasteiger partial charge in [-0.25, -0.2) is 4.79 Å². The van der Waals surface area contributed by atoms with Crippen molar-refractivity contribution in [3.05, 3.63) is 12.7 Å². The van der Waals surface area contributed by atoms with Gasteiger partial charge in [0.1, 0.15) is 12.1 Å². The summed E-state index contributed by atoms with van der Waals surface area (Å²) in [7, 11) is 1.58. The van der Waals surface area contributed by atoms with Gasteiger partial charge in [0, 0.05) is 20.1 Å². The molecule has 1 aliphatic carbocycles. The number of urea groups is 1. The van der Waals surface area contributed by atoms with Gasteiger partial charge in [0.05, 0.1) is 12.6 Å². The predicted molar refractivity (Wildman–Crippen MR) is 150 cm³/mol. The van der Waals surface area contributed by atoms with Crippen LogP contribution in [0.1, 0.15) is 60.3 Å². The van der Waals surface area contributed by atoms with Crippen molar-refractivity contribution in [2.75, 3.05) is 26.7 Å². The Morgan fingerprint density at radius 2 is 1.73 bits per heavy atom. The minimum atomic E-state index is -1.11. The molecule has 2 aliphatic rings. The molecule has 0 bridgehead atoms. The maximum atomic E-state index is 13.9. The van der Waals surface area contributed by atoms with E-state index in [1.54, 1.807) is 33.9 Å². The summed E-state index contributed by atoms with van der Waals surface area (Å²) >= 11 is 0. The molecule has 12 heteroatoms. The lowest BCUT2D eigenvalue weighted by Gasteiger charge is -2.36. The molecule has 12 nitrogen and oxygen atoms in total. The first-order valence-electron chi connectivity index (χ1n) is 13.9. The monoisotopic (exact) mass is 562 g/mol. The summed E-state index contributed by atoms with van der Waals surface area (Å²) in [6.07, 6.45) is 4.75. The van der Waals surface area contributed by atoms with E-state index in [0.717, 1.165) is 19.3 Å². The fourth-order valence-electron chi connectivity index (χ4n) is 5.10. The lowest BCUT2D eigenvalue weighted by atomic mass is 9.80. The highest BCUT2D eigenvalue weighted by molar-refractivity contribution is 6.37. The van der Waals surface area contributed by atoms with E-state index in [0.29, 0.717) is 13.0 Å². The number of primary amides is 1. The molecule has 0 radical (unpaired) electrons. The summed E-state index contributed by atoms with van der Waals surface area (Å²) < 4.78 is 0. The number of ketones is 1. The highest BCUT2D eigenvalue weighted by atomic mass is 16.2. The molecule has 1 saturated carbocycles. The predicted octanol–water partition coefficient (Wildman–Crippen LogP) is 0.557. The van der Waals surface area contributed by atoms with E-state index in [1.165, 1.54) is 9.80 Å². The highest BCUT2D eigenvalue weighted by Gasteiger charge is 2.48. The Labute approximate surface area is 236 Å². The normalized spacial score (nSPS) is 22.4. The van der Waals surface area contributed by atoms with Crippen LogP contribution in [-0.4, -0.2) is 90.1 Å². The quantitative estimate of drug-likeness (QED) is 0.200. The zero-order chi connectivity index (χ0) is 30.4. The highest BCUT2D eigenvalue weighted by Crippen LogP contribution is 2.34. The zero-order valence-corrected chi connectivity index (χ0v) is 24.6. The van der Waals surface area contributed by atoms with Crippen molar-refractivity contribution in [1.29, 1.82) is 0 Å². The van der Waals surface area contributed by atoms with Gasteiger partial charge in [0.15, 0.2) is 0 Å². The van der Waals surface area contributed by atoms with Gasteiger partial charge in [0.2, 0.25) is 23.5 Å². The number of hydrogen-bond donors (Lipinski definition) is 4. The molecule has 0 aromatic carbocycles. The minimum Gasteiger partial charge on any atom is -0.363 e. The van der Waals surface area contributed by atoms with Gasteiger partial charge in [-0.2, -0.15) is 0 Å². The average molecular weight is 563 g/mol. The van der Waals surface area contributed by atoms with Crippen LogP contribution >= 0.6 is 0 Å². The van der Waals surface area contributed by atoms with Crippen molar-refractivity contribution in [2.24, 2.45) is 28.9 Å². The average Bonchev–Trinajstić information content (AvgIpc) is 3.14. The van der Waals surface area contributed by atoms with Gasteiger partial charge in [-0.15, -0.1) is 6.58 Å². The minimum absolute atomic E-state index is 0.0379.